The lowest BCUT2D eigenvalue weighted by molar-refractivity contribution is -0.123. The molecule has 1 atom stereocenters. The summed E-state index contributed by atoms with van der Waals surface area (Å²) in [6.07, 6.45) is 3.39. The highest BCUT2D eigenvalue weighted by atomic mass is 32.2. The van der Waals surface area contributed by atoms with E-state index >= 15 is 0 Å². The molecule has 1 unspecified atom stereocenters. The first-order valence-corrected chi connectivity index (χ1v) is 6.83. The quantitative estimate of drug-likeness (QED) is 0.695. The average molecular weight is 256 g/mol. The summed E-state index contributed by atoms with van der Waals surface area (Å²) in [4.78, 5) is 11.2. The topological polar surface area (TPSA) is 68.3 Å². The van der Waals surface area contributed by atoms with Crippen molar-refractivity contribution >= 4 is 17.7 Å². The molecule has 5 heteroatoms. The number of carbonyl (C=O) groups is 1. The molecule has 0 spiro atoms. The molecule has 96 valence electrons. The lowest BCUT2D eigenvalue weighted by Gasteiger charge is -2.25. The molecule has 0 fully saturated rings. The Bertz CT molecular complexity index is 340. The second-order valence-electron chi connectivity index (χ2n) is 4.18. The van der Waals surface area contributed by atoms with E-state index in [-0.39, 0.29) is 5.91 Å². The maximum Gasteiger partial charge on any atom is 0.237 e. The van der Waals surface area contributed by atoms with Gasteiger partial charge in [0.1, 0.15) is 5.76 Å². The zero-order valence-electron chi connectivity index (χ0n) is 10.4. The van der Waals surface area contributed by atoms with Gasteiger partial charge in [0.2, 0.25) is 5.91 Å². The smallest absolute Gasteiger partial charge is 0.237 e. The van der Waals surface area contributed by atoms with E-state index in [9.17, 15) is 4.79 Å². The zero-order valence-corrected chi connectivity index (χ0v) is 11.2. The van der Waals surface area contributed by atoms with Gasteiger partial charge in [0.05, 0.1) is 17.6 Å². The summed E-state index contributed by atoms with van der Waals surface area (Å²) in [5, 5.41) is 2.98. The highest BCUT2D eigenvalue weighted by molar-refractivity contribution is 7.98. The zero-order chi connectivity index (χ0) is 12.7. The number of rotatable bonds is 8. The van der Waals surface area contributed by atoms with E-state index < -0.39 is 5.54 Å². The van der Waals surface area contributed by atoms with Crippen LogP contribution in [0.4, 0.5) is 0 Å². The third-order valence-corrected chi connectivity index (χ3v) is 3.95. The summed E-state index contributed by atoms with van der Waals surface area (Å²) in [6, 6.07) is 3.86. The molecule has 0 bridgehead atoms. The minimum absolute atomic E-state index is 0.295. The predicted molar refractivity (Wildman–Crippen MR) is 70.8 cm³/mol. The summed E-state index contributed by atoms with van der Waals surface area (Å²) in [5.74, 6) is 2.56. The molecular formula is C12H20N2O2S. The minimum Gasteiger partial charge on any atom is -0.468 e. The van der Waals surface area contributed by atoms with Crippen LogP contribution in [-0.4, -0.2) is 24.2 Å². The molecule has 0 saturated carbocycles. The van der Waals surface area contributed by atoms with E-state index in [0.29, 0.717) is 0 Å². The van der Waals surface area contributed by atoms with Crippen molar-refractivity contribution in [3.05, 3.63) is 24.2 Å². The number of likely N-dealkylation sites (N-methyl/N-ethyl adjacent to an activating group) is 1. The fourth-order valence-electron chi connectivity index (χ4n) is 1.47. The molecule has 3 N–H and O–H groups in total. The third kappa shape index (κ3) is 4.44. The fourth-order valence-corrected chi connectivity index (χ4v) is 2.32. The van der Waals surface area contributed by atoms with Crippen molar-refractivity contribution in [1.29, 1.82) is 0 Å². The normalized spacial score (nSPS) is 14.5. The summed E-state index contributed by atoms with van der Waals surface area (Å²) < 4.78 is 5.23. The Morgan fingerprint density at radius 3 is 2.94 bits per heavy atom. The van der Waals surface area contributed by atoms with Crippen molar-refractivity contribution < 1.29 is 9.21 Å². The number of hydrogen-bond acceptors (Lipinski definition) is 4. The number of carbonyl (C=O) groups excluding carboxylic acids is 1. The molecular weight excluding hydrogens is 236 g/mol. The molecule has 0 aliphatic heterocycles. The molecule has 1 heterocycles. The number of nitrogens with one attached hydrogen (secondary N) is 1. The second kappa shape index (κ2) is 6.71. The van der Waals surface area contributed by atoms with Gasteiger partial charge in [0.25, 0.3) is 0 Å². The third-order valence-electron chi connectivity index (χ3n) is 2.89. The number of primary amides is 1. The minimum atomic E-state index is -0.592. The van der Waals surface area contributed by atoms with Crippen LogP contribution in [0, 0.1) is 0 Å². The van der Waals surface area contributed by atoms with E-state index in [4.69, 9.17) is 10.2 Å². The van der Waals surface area contributed by atoms with Crippen LogP contribution in [0.1, 0.15) is 25.5 Å². The van der Waals surface area contributed by atoms with Gasteiger partial charge in [-0.25, -0.2) is 0 Å². The van der Waals surface area contributed by atoms with Gasteiger partial charge in [-0.3, -0.25) is 4.79 Å². The first-order valence-electron chi connectivity index (χ1n) is 5.67. The van der Waals surface area contributed by atoms with E-state index in [1.807, 2.05) is 19.1 Å². The van der Waals surface area contributed by atoms with Gasteiger partial charge in [-0.15, -0.1) is 0 Å². The Hall–Kier alpha value is -0.940. The SMILES string of the molecule is CNC(C)(CCCSCc1ccco1)C(N)=O. The van der Waals surface area contributed by atoms with Crippen LogP contribution in [0.25, 0.3) is 0 Å². The Morgan fingerprint density at radius 1 is 1.65 bits per heavy atom. The standard InChI is InChI=1S/C12H20N2O2S/c1-12(14-2,11(13)15)6-4-8-17-9-10-5-3-7-16-10/h3,5,7,14H,4,6,8-9H2,1-2H3,(H2,13,15). The van der Waals surface area contributed by atoms with E-state index in [2.05, 4.69) is 5.32 Å². The van der Waals surface area contributed by atoms with Crippen molar-refractivity contribution in [3.63, 3.8) is 0 Å². The lowest BCUT2D eigenvalue weighted by Crippen LogP contribution is -2.51. The second-order valence-corrected chi connectivity index (χ2v) is 5.29. The van der Waals surface area contributed by atoms with Crippen molar-refractivity contribution in [1.82, 2.24) is 5.32 Å². The first kappa shape index (κ1) is 14.1. The van der Waals surface area contributed by atoms with Crippen LogP contribution in [-0.2, 0) is 10.5 Å². The fraction of sp³-hybridized carbons (Fsp3) is 0.583. The van der Waals surface area contributed by atoms with Gasteiger partial charge >= 0.3 is 0 Å². The van der Waals surface area contributed by atoms with Crippen molar-refractivity contribution in [2.75, 3.05) is 12.8 Å². The maximum atomic E-state index is 11.2. The van der Waals surface area contributed by atoms with Gasteiger partial charge < -0.3 is 15.5 Å². The van der Waals surface area contributed by atoms with Crippen LogP contribution in [0.2, 0.25) is 0 Å². The highest BCUT2D eigenvalue weighted by Crippen LogP contribution is 2.17. The van der Waals surface area contributed by atoms with Gasteiger partial charge in [0, 0.05) is 0 Å². The number of amides is 1. The molecule has 0 radical (unpaired) electrons. The number of furan rings is 1. The van der Waals surface area contributed by atoms with Crippen LogP contribution < -0.4 is 11.1 Å². The molecule has 4 nitrogen and oxygen atoms in total. The molecule has 1 rings (SSSR count). The van der Waals surface area contributed by atoms with Crippen molar-refractivity contribution in [2.24, 2.45) is 5.73 Å². The first-order chi connectivity index (χ1) is 8.08. The Labute approximate surface area is 106 Å². The predicted octanol–water partition coefficient (Wildman–Crippen LogP) is 1.76. The van der Waals surface area contributed by atoms with Gasteiger partial charge in [-0.2, -0.15) is 11.8 Å². The number of hydrogen-bond donors (Lipinski definition) is 2. The van der Waals surface area contributed by atoms with Crippen molar-refractivity contribution in [3.8, 4) is 0 Å². The summed E-state index contributed by atoms with van der Waals surface area (Å²) in [6.45, 7) is 1.84. The molecule has 0 aliphatic carbocycles. The average Bonchev–Trinajstić information content (AvgIpc) is 2.81. The number of nitrogens with two attached hydrogens (primary N) is 1. The molecule has 0 aromatic carbocycles. The van der Waals surface area contributed by atoms with Gasteiger partial charge in [-0.1, -0.05) is 0 Å². The van der Waals surface area contributed by atoms with Crippen LogP contribution >= 0.6 is 11.8 Å². The molecule has 1 amide bonds. The van der Waals surface area contributed by atoms with Gasteiger partial charge in [-0.05, 0) is 44.7 Å². The summed E-state index contributed by atoms with van der Waals surface area (Å²) in [5.41, 5.74) is 4.76. The van der Waals surface area contributed by atoms with E-state index in [0.717, 1.165) is 30.1 Å². The Morgan fingerprint density at radius 2 is 2.41 bits per heavy atom. The van der Waals surface area contributed by atoms with E-state index in [1.165, 1.54) is 0 Å². The summed E-state index contributed by atoms with van der Waals surface area (Å²) in [7, 11) is 1.76. The summed E-state index contributed by atoms with van der Waals surface area (Å²) >= 11 is 1.80. The van der Waals surface area contributed by atoms with Gasteiger partial charge in [0.15, 0.2) is 0 Å². The largest absolute Gasteiger partial charge is 0.468 e. The highest BCUT2D eigenvalue weighted by Gasteiger charge is 2.27. The van der Waals surface area contributed by atoms with E-state index in [1.54, 1.807) is 25.1 Å². The lowest BCUT2D eigenvalue weighted by atomic mass is 9.96. The molecule has 17 heavy (non-hydrogen) atoms. The maximum absolute atomic E-state index is 11.2. The van der Waals surface area contributed by atoms with Crippen LogP contribution in [0.15, 0.2) is 22.8 Å². The van der Waals surface area contributed by atoms with Crippen LogP contribution in [0.3, 0.4) is 0 Å². The molecule has 1 aromatic heterocycles. The van der Waals surface area contributed by atoms with Crippen molar-refractivity contribution in [2.45, 2.75) is 31.1 Å². The number of thioether (sulfide) groups is 1. The monoisotopic (exact) mass is 256 g/mol. The van der Waals surface area contributed by atoms with Crippen LogP contribution in [0.5, 0.6) is 0 Å². The Kier molecular flexibility index (Phi) is 5.58. The molecule has 1 aromatic rings. The molecule has 0 aliphatic rings. The Balaban J connectivity index is 2.17. The molecule has 0 saturated heterocycles.